The number of ether oxygens (including phenoxy) is 2. The molecule has 2 rings (SSSR count). The van der Waals surface area contributed by atoms with Crippen molar-refractivity contribution in [3.05, 3.63) is 59.2 Å². The highest BCUT2D eigenvalue weighted by molar-refractivity contribution is 5.82. The van der Waals surface area contributed by atoms with Gasteiger partial charge in [0.25, 0.3) is 0 Å². The number of primary amides is 1. The van der Waals surface area contributed by atoms with Gasteiger partial charge in [-0.1, -0.05) is 24.3 Å². The van der Waals surface area contributed by atoms with Crippen LogP contribution >= 0.6 is 0 Å². The Morgan fingerprint density at radius 3 is 2.74 bits per heavy atom. The summed E-state index contributed by atoms with van der Waals surface area (Å²) in [5.41, 5.74) is 10.1. The van der Waals surface area contributed by atoms with E-state index in [1.807, 2.05) is 31.2 Å². The molecule has 2 aromatic rings. The molecule has 23 heavy (non-hydrogen) atoms. The molecular weight excluding hydrogens is 294 g/mol. The first-order valence-corrected chi connectivity index (χ1v) is 7.04. The van der Waals surface area contributed by atoms with Gasteiger partial charge in [-0.05, 0) is 41.8 Å². The summed E-state index contributed by atoms with van der Waals surface area (Å²) in [5.74, 6) is 1.22. The Bertz CT molecular complexity index is 714. The van der Waals surface area contributed by atoms with E-state index < -0.39 is 6.03 Å². The average Bonchev–Trinajstić information content (AvgIpc) is 2.54. The third-order valence-corrected chi connectivity index (χ3v) is 3.22. The number of carbonyl (C=O) groups is 1. The van der Waals surface area contributed by atoms with E-state index in [1.54, 1.807) is 25.3 Å². The topological polar surface area (TPSA) is 85.9 Å². The van der Waals surface area contributed by atoms with Crippen LogP contribution in [-0.4, -0.2) is 19.4 Å². The second-order valence-corrected chi connectivity index (χ2v) is 4.86. The highest BCUT2D eigenvalue weighted by atomic mass is 16.5. The van der Waals surface area contributed by atoms with Crippen LogP contribution in [0.3, 0.4) is 0 Å². The minimum atomic E-state index is -0.717. The van der Waals surface area contributed by atoms with Crippen LogP contribution in [0.15, 0.2) is 47.6 Å². The van der Waals surface area contributed by atoms with Crippen molar-refractivity contribution in [2.75, 3.05) is 7.11 Å². The zero-order valence-electron chi connectivity index (χ0n) is 13.1. The van der Waals surface area contributed by atoms with E-state index in [0.717, 1.165) is 16.7 Å². The Kier molecular flexibility index (Phi) is 5.57. The summed E-state index contributed by atoms with van der Waals surface area (Å²) < 4.78 is 11.2. The lowest BCUT2D eigenvalue weighted by molar-refractivity contribution is 0.249. The molecule has 6 heteroatoms. The largest absolute Gasteiger partial charge is 0.493 e. The van der Waals surface area contributed by atoms with E-state index >= 15 is 0 Å². The number of benzene rings is 2. The van der Waals surface area contributed by atoms with Gasteiger partial charge in [-0.15, -0.1) is 0 Å². The number of nitrogens with two attached hydrogens (primary N) is 1. The van der Waals surface area contributed by atoms with Crippen LogP contribution in [0, 0.1) is 6.92 Å². The van der Waals surface area contributed by atoms with Crippen molar-refractivity contribution in [3.63, 3.8) is 0 Å². The van der Waals surface area contributed by atoms with Gasteiger partial charge in [0, 0.05) is 0 Å². The Morgan fingerprint density at radius 1 is 1.26 bits per heavy atom. The zero-order chi connectivity index (χ0) is 16.7. The molecule has 0 spiro atoms. The number of aryl methyl sites for hydroxylation is 1. The first kappa shape index (κ1) is 16.4. The average molecular weight is 313 g/mol. The molecule has 0 fully saturated rings. The predicted octanol–water partition coefficient (Wildman–Crippen LogP) is 2.58. The summed E-state index contributed by atoms with van der Waals surface area (Å²) in [6.07, 6.45) is 1.48. The minimum absolute atomic E-state index is 0.434. The number of nitrogens with one attached hydrogen (secondary N) is 1. The van der Waals surface area contributed by atoms with E-state index in [4.69, 9.17) is 15.2 Å². The van der Waals surface area contributed by atoms with Crippen molar-refractivity contribution in [3.8, 4) is 11.5 Å². The standard InChI is InChI=1S/C17H19N3O3/c1-12-5-3-4-6-14(12)11-23-16-9-13(7-8-15(16)22-2)10-19-20-17(18)21/h3-10H,11H2,1-2H3,(H3,18,20,21). The first-order chi connectivity index (χ1) is 11.1. The molecule has 2 aromatic carbocycles. The van der Waals surface area contributed by atoms with Crippen LogP contribution in [-0.2, 0) is 6.61 Å². The molecule has 0 aromatic heterocycles. The molecular formula is C17H19N3O3. The number of hydrogen-bond donors (Lipinski definition) is 2. The van der Waals surface area contributed by atoms with E-state index in [9.17, 15) is 4.79 Å². The van der Waals surface area contributed by atoms with Crippen molar-refractivity contribution in [1.82, 2.24) is 5.43 Å². The van der Waals surface area contributed by atoms with Gasteiger partial charge in [0.2, 0.25) is 0 Å². The fraction of sp³-hybridized carbons (Fsp3) is 0.176. The monoisotopic (exact) mass is 313 g/mol. The summed E-state index contributed by atoms with van der Waals surface area (Å²) in [4.78, 5) is 10.6. The fourth-order valence-electron chi connectivity index (χ4n) is 1.98. The van der Waals surface area contributed by atoms with Crippen LogP contribution in [0.2, 0.25) is 0 Å². The molecule has 3 N–H and O–H groups in total. The molecule has 6 nitrogen and oxygen atoms in total. The van der Waals surface area contributed by atoms with Gasteiger partial charge in [0.1, 0.15) is 6.61 Å². The second-order valence-electron chi connectivity index (χ2n) is 4.86. The van der Waals surface area contributed by atoms with E-state index in [2.05, 4.69) is 10.5 Å². The van der Waals surface area contributed by atoms with Crippen LogP contribution in [0.4, 0.5) is 4.79 Å². The van der Waals surface area contributed by atoms with Gasteiger partial charge in [-0.25, -0.2) is 10.2 Å². The predicted molar refractivity (Wildman–Crippen MR) is 88.8 cm³/mol. The maximum absolute atomic E-state index is 10.6. The Hall–Kier alpha value is -3.02. The van der Waals surface area contributed by atoms with Crippen molar-refractivity contribution < 1.29 is 14.3 Å². The molecule has 0 bridgehead atoms. The Balaban J connectivity index is 2.14. The molecule has 0 saturated carbocycles. The third kappa shape index (κ3) is 4.74. The maximum atomic E-state index is 10.6. The lowest BCUT2D eigenvalue weighted by Gasteiger charge is -2.12. The van der Waals surface area contributed by atoms with E-state index in [1.165, 1.54) is 6.21 Å². The molecule has 2 amide bonds. The number of amides is 2. The number of carbonyl (C=O) groups excluding carboxylic acids is 1. The van der Waals surface area contributed by atoms with Gasteiger partial charge in [-0.2, -0.15) is 5.10 Å². The Morgan fingerprint density at radius 2 is 2.04 bits per heavy atom. The first-order valence-electron chi connectivity index (χ1n) is 7.04. The smallest absolute Gasteiger partial charge is 0.332 e. The van der Waals surface area contributed by atoms with Crippen molar-refractivity contribution in [2.24, 2.45) is 10.8 Å². The van der Waals surface area contributed by atoms with Crippen LogP contribution in [0.1, 0.15) is 16.7 Å². The third-order valence-electron chi connectivity index (χ3n) is 3.22. The van der Waals surface area contributed by atoms with Gasteiger partial charge >= 0.3 is 6.03 Å². The van der Waals surface area contributed by atoms with Gasteiger partial charge < -0.3 is 15.2 Å². The molecule has 0 aliphatic carbocycles. The SMILES string of the molecule is COc1ccc(C=NNC(N)=O)cc1OCc1ccccc1C. The highest BCUT2D eigenvalue weighted by Gasteiger charge is 2.06. The molecule has 0 unspecified atom stereocenters. The fourth-order valence-corrected chi connectivity index (χ4v) is 1.98. The summed E-state index contributed by atoms with van der Waals surface area (Å²) in [5, 5.41) is 3.72. The zero-order valence-corrected chi connectivity index (χ0v) is 13.1. The second kappa shape index (κ2) is 7.84. The van der Waals surface area contributed by atoms with Crippen molar-refractivity contribution in [2.45, 2.75) is 13.5 Å². The van der Waals surface area contributed by atoms with Crippen LogP contribution < -0.4 is 20.6 Å². The normalized spacial score (nSPS) is 10.5. The van der Waals surface area contributed by atoms with Crippen molar-refractivity contribution >= 4 is 12.2 Å². The minimum Gasteiger partial charge on any atom is -0.493 e. The van der Waals surface area contributed by atoms with Crippen molar-refractivity contribution in [1.29, 1.82) is 0 Å². The molecule has 0 heterocycles. The summed E-state index contributed by atoms with van der Waals surface area (Å²) in [6.45, 7) is 2.47. The Labute approximate surface area is 134 Å². The lowest BCUT2D eigenvalue weighted by atomic mass is 10.1. The summed E-state index contributed by atoms with van der Waals surface area (Å²) in [7, 11) is 1.58. The number of hydrogen-bond acceptors (Lipinski definition) is 4. The number of methoxy groups -OCH3 is 1. The van der Waals surface area contributed by atoms with Gasteiger partial charge in [0.15, 0.2) is 11.5 Å². The molecule has 0 aliphatic rings. The van der Waals surface area contributed by atoms with E-state index in [0.29, 0.717) is 18.1 Å². The van der Waals surface area contributed by atoms with Crippen LogP contribution in [0.25, 0.3) is 0 Å². The lowest BCUT2D eigenvalue weighted by Crippen LogP contribution is -2.24. The number of urea groups is 1. The number of rotatable bonds is 6. The van der Waals surface area contributed by atoms with E-state index in [-0.39, 0.29) is 0 Å². The maximum Gasteiger partial charge on any atom is 0.332 e. The molecule has 120 valence electrons. The molecule has 0 aliphatic heterocycles. The summed E-state index contributed by atoms with van der Waals surface area (Å²) >= 11 is 0. The van der Waals surface area contributed by atoms with Gasteiger partial charge in [0.05, 0.1) is 13.3 Å². The molecule has 0 saturated heterocycles. The van der Waals surface area contributed by atoms with Crippen LogP contribution in [0.5, 0.6) is 11.5 Å². The quantitative estimate of drug-likeness (QED) is 0.635. The highest BCUT2D eigenvalue weighted by Crippen LogP contribution is 2.28. The molecule has 0 atom stereocenters. The number of nitrogens with zero attached hydrogens (tertiary/aromatic N) is 1. The summed E-state index contributed by atoms with van der Waals surface area (Å²) in [6, 6.07) is 12.7. The number of hydrazone groups is 1. The van der Waals surface area contributed by atoms with Gasteiger partial charge in [-0.3, -0.25) is 0 Å². The molecule has 0 radical (unpaired) electrons.